The van der Waals surface area contributed by atoms with Gasteiger partial charge in [-0.05, 0) is 29.7 Å². The second-order valence-electron chi connectivity index (χ2n) is 5.43. The van der Waals surface area contributed by atoms with Gasteiger partial charge in [-0.15, -0.1) is 11.8 Å². The highest BCUT2D eigenvalue weighted by Crippen LogP contribution is 2.31. The summed E-state index contributed by atoms with van der Waals surface area (Å²) in [5.74, 6) is 0.0666. The molecule has 0 bridgehead atoms. The monoisotopic (exact) mass is 353 g/mol. The molecule has 0 aliphatic heterocycles. The van der Waals surface area contributed by atoms with E-state index >= 15 is 0 Å². The third-order valence-corrected chi connectivity index (χ3v) is 4.50. The average Bonchev–Trinajstić information content (AvgIpc) is 2.58. The summed E-state index contributed by atoms with van der Waals surface area (Å²) >= 11 is 1.09. The van der Waals surface area contributed by atoms with Crippen LogP contribution in [0.15, 0.2) is 59.5 Å². The van der Waals surface area contributed by atoms with Crippen LogP contribution >= 0.6 is 11.8 Å². The smallest absolute Gasteiger partial charge is 0.355 e. The zero-order valence-electron chi connectivity index (χ0n) is 13.1. The van der Waals surface area contributed by atoms with Crippen LogP contribution in [0.2, 0.25) is 0 Å². The average molecular weight is 353 g/mol. The molecule has 0 aliphatic carbocycles. The number of carbonyl (C=O) groups excluding carboxylic acids is 1. The van der Waals surface area contributed by atoms with Crippen molar-refractivity contribution in [2.75, 3.05) is 12.3 Å². The summed E-state index contributed by atoms with van der Waals surface area (Å²) in [7, 11) is 0. The number of nitrogens with one attached hydrogen (secondary N) is 1. The van der Waals surface area contributed by atoms with Crippen molar-refractivity contribution in [1.29, 1.82) is 0 Å². The van der Waals surface area contributed by atoms with E-state index in [0.717, 1.165) is 29.5 Å². The molecule has 24 heavy (non-hydrogen) atoms. The first-order valence-corrected chi connectivity index (χ1v) is 8.46. The van der Waals surface area contributed by atoms with Gasteiger partial charge in [0.2, 0.25) is 5.91 Å². The van der Waals surface area contributed by atoms with Crippen molar-refractivity contribution in [3.05, 3.63) is 65.7 Å². The maximum atomic E-state index is 12.6. The number of carbonyl (C=O) groups is 1. The van der Waals surface area contributed by atoms with Crippen LogP contribution in [0.4, 0.5) is 13.2 Å². The first-order chi connectivity index (χ1) is 11.4. The first-order valence-electron chi connectivity index (χ1n) is 7.48. The molecular weight excluding hydrogens is 335 g/mol. The topological polar surface area (TPSA) is 29.1 Å². The molecule has 1 amide bonds. The van der Waals surface area contributed by atoms with Crippen molar-refractivity contribution in [1.82, 2.24) is 5.32 Å². The minimum absolute atomic E-state index is 0.0861. The maximum Gasteiger partial charge on any atom is 0.416 e. The molecule has 2 nitrogen and oxygen atoms in total. The van der Waals surface area contributed by atoms with E-state index in [-0.39, 0.29) is 17.6 Å². The quantitative estimate of drug-likeness (QED) is 0.762. The predicted molar refractivity (Wildman–Crippen MR) is 90.0 cm³/mol. The number of halogens is 3. The summed E-state index contributed by atoms with van der Waals surface area (Å²) in [5.41, 5.74) is 0.425. The summed E-state index contributed by atoms with van der Waals surface area (Å²) in [4.78, 5) is 12.3. The predicted octanol–water partition coefficient (Wildman–Crippen LogP) is 4.72. The lowest BCUT2D eigenvalue weighted by Gasteiger charge is -2.13. The van der Waals surface area contributed by atoms with E-state index in [4.69, 9.17) is 0 Å². The Hall–Kier alpha value is -1.95. The normalized spacial score (nSPS) is 12.7. The molecule has 0 saturated carbocycles. The summed E-state index contributed by atoms with van der Waals surface area (Å²) in [6.45, 7) is 2.50. The highest BCUT2D eigenvalue weighted by atomic mass is 32.2. The Morgan fingerprint density at radius 2 is 1.83 bits per heavy atom. The van der Waals surface area contributed by atoms with E-state index in [9.17, 15) is 18.0 Å². The SMILES string of the molecule is C[C@@H](CNC(=O)CSc1cccc(C(F)(F)F)c1)c1ccccc1. The van der Waals surface area contributed by atoms with Gasteiger partial charge in [0.05, 0.1) is 11.3 Å². The van der Waals surface area contributed by atoms with Crippen molar-refractivity contribution in [2.45, 2.75) is 23.9 Å². The molecule has 128 valence electrons. The Balaban J connectivity index is 1.81. The summed E-state index contributed by atoms with van der Waals surface area (Å²) in [6, 6.07) is 14.8. The number of hydrogen-bond acceptors (Lipinski definition) is 2. The van der Waals surface area contributed by atoms with E-state index in [1.165, 1.54) is 6.07 Å². The molecule has 0 saturated heterocycles. The third-order valence-electron chi connectivity index (χ3n) is 3.51. The lowest BCUT2D eigenvalue weighted by molar-refractivity contribution is -0.137. The van der Waals surface area contributed by atoms with Gasteiger partial charge in [0.1, 0.15) is 0 Å². The van der Waals surface area contributed by atoms with Crippen molar-refractivity contribution in [3.8, 4) is 0 Å². The molecule has 2 aromatic rings. The molecule has 0 aromatic heterocycles. The fourth-order valence-electron chi connectivity index (χ4n) is 2.13. The number of rotatable bonds is 6. The number of hydrogen-bond donors (Lipinski definition) is 1. The summed E-state index contributed by atoms with van der Waals surface area (Å²) < 4.78 is 37.9. The Morgan fingerprint density at radius 3 is 2.50 bits per heavy atom. The molecule has 0 aliphatic rings. The second kappa shape index (κ2) is 8.24. The van der Waals surface area contributed by atoms with E-state index in [2.05, 4.69) is 5.32 Å². The van der Waals surface area contributed by atoms with Gasteiger partial charge >= 0.3 is 6.18 Å². The summed E-state index contributed by atoms with van der Waals surface area (Å²) in [5, 5.41) is 2.81. The van der Waals surface area contributed by atoms with Crippen molar-refractivity contribution >= 4 is 17.7 Å². The standard InChI is InChI=1S/C18H18F3NOS/c1-13(14-6-3-2-4-7-14)11-22-17(23)12-24-16-9-5-8-15(10-16)18(19,20)21/h2-10,13H,11-12H2,1H3,(H,22,23)/t13-/m0/s1. The van der Waals surface area contributed by atoms with Gasteiger partial charge in [0.15, 0.2) is 0 Å². The molecule has 1 N–H and O–H groups in total. The molecular formula is C18H18F3NOS. The van der Waals surface area contributed by atoms with Crippen molar-refractivity contribution < 1.29 is 18.0 Å². The van der Waals surface area contributed by atoms with Crippen LogP contribution < -0.4 is 5.32 Å². The van der Waals surface area contributed by atoms with Crippen molar-refractivity contribution in [3.63, 3.8) is 0 Å². The number of thioether (sulfide) groups is 1. The van der Waals surface area contributed by atoms with Gasteiger partial charge in [-0.3, -0.25) is 4.79 Å². The molecule has 0 spiro atoms. The molecule has 0 heterocycles. The molecule has 0 unspecified atom stereocenters. The lowest BCUT2D eigenvalue weighted by atomic mass is 10.0. The zero-order valence-corrected chi connectivity index (χ0v) is 14.0. The largest absolute Gasteiger partial charge is 0.416 e. The third kappa shape index (κ3) is 5.60. The fraction of sp³-hybridized carbons (Fsp3) is 0.278. The lowest BCUT2D eigenvalue weighted by Crippen LogP contribution is -2.28. The first kappa shape index (κ1) is 18.4. The van der Waals surface area contributed by atoms with Crippen LogP contribution in [0.5, 0.6) is 0 Å². The van der Waals surface area contributed by atoms with Crippen LogP contribution in [0.3, 0.4) is 0 Å². The van der Waals surface area contributed by atoms with Crippen LogP contribution in [0.25, 0.3) is 0 Å². The van der Waals surface area contributed by atoms with Crippen LogP contribution in [0.1, 0.15) is 24.0 Å². The molecule has 2 aromatic carbocycles. The van der Waals surface area contributed by atoms with Gasteiger partial charge in [0, 0.05) is 11.4 Å². The van der Waals surface area contributed by atoms with Gasteiger partial charge in [-0.1, -0.05) is 43.3 Å². The Labute approximate surface area is 143 Å². The minimum Gasteiger partial charge on any atom is -0.355 e. The van der Waals surface area contributed by atoms with Gasteiger partial charge in [-0.2, -0.15) is 13.2 Å². The maximum absolute atomic E-state index is 12.6. The van der Waals surface area contributed by atoms with Crippen molar-refractivity contribution in [2.24, 2.45) is 0 Å². The highest BCUT2D eigenvalue weighted by molar-refractivity contribution is 8.00. The number of amides is 1. The van der Waals surface area contributed by atoms with E-state index in [1.807, 2.05) is 37.3 Å². The summed E-state index contributed by atoms with van der Waals surface area (Å²) in [6.07, 6.45) is -4.37. The Bertz CT molecular complexity index is 673. The van der Waals surface area contributed by atoms with Gasteiger partial charge in [0.25, 0.3) is 0 Å². The Kier molecular flexibility index (Phi) is 6.31. The Morgan fingerprint density at radius 1 is 1.12 bits per heavy atom. The molecule has 0 fully saturated rings. The number of benzene rings is 2. The van der Waals surface area contributed by atoms with Crippen LogP contribution in [0, 0.1) is 0 Å². The van der Waals surface area contributed by atoms with E-state index in [0.29, 0.717) is 11.4 Å². The minimum atomic E-state index is -4.37. The van der Waals surface area contributed by atoms with E-state index < -0.39 is 11.7 Å². The molecule has 6 heteroatoms. The molecule has 2 rings (SSSR count). The molecule has 1 atom stereocenters. The van der Waals surface area contributed by atoms with Gasteiger partial charge < -0.3 is 5.32 Å². The van der Waals surface area contributed by atoms with Crippen LogP contribution in [-0.2, 0) is 11.0 Å². The molecule has 0 radical (unpaired) electrons. The highest BCUT2D eigenvalue weighted by Gasteiger charge is 2.30. The van der Waals surface area contributed by atoms with Gasteiger partial charge in [-0.25, -0.2) is 0 Å². The zero-order chi connectivity index (χ0) is 17.6. The number of alkyl halides is 3. The second-order valence-corrected chi connectivity index (χ2v) is 6.48. The van der Waals surface area contributed by atoms with E-state index in [1.54, 1.807) is 6.07 Å². The fourth-order valence-corrected chi connectivity index (χ4v) is 2.91. The van der Waals surface area contributed by atoms with Crippen LogP contribution in [-0.4, -0.2) is 18.2 Å².